The van der Waals surface area contributed by atoms with Gasteiger partial charge in [0.05, 0.1) is 11.6 Å². The number of halogens is 2. The van der Waals surface area contributed by atoms with Crippen LogP contribution in [0, 0.1) is 5.82 Å². The standard InChI is InChI=1S/C26H30F2N8O3/c1-32-9-6-19(7-10-32)35-23-20(12-16(27)13-29-23)25(38)36(26(35)39)18-4-2-17(3-5-18)30-24(37)21-14-33-15-34(28)11-8-22(33)31-21/h8,11-14,17-19H,2-7,9-10,15H2,1H3,(H,30,37). The summed E-state index contributed by atoms with van der Waals surface area (Å²) in [6.45, 7) is 1.59. The summed E-state index contributed by atoms with van der Waals surface area (Å²) in [6, 6.07) is 0.507. The fourth-order valence-electron chi connectivity index (χ4n) is 5.97. The van der Waals surface area contributed by atoms with Crippen molar-refractivity contribution in [3.63, 3.8) is 0 Å². The summed E-state index contributed by atoms with van der Waals surface area (Å²) in [7, 11) is 2.03. The van der Waals surface area contributed by atoms with Gasteiger partial charge in [-0.1, -0.05) is 4.48 Å². The van der Waals surface area contributed by atoms with E-state index in [1.165, 1.54) is 29.1 Å². The molecule has 39 heavy (non-hydrogen) atoms. The maximum Gasteiger partial charge on any atom is 0.333 e. The lowest BCUT2D eigenvalue weighted by Crippen LogP contribution is -2.47. The van der Waals surface area contributed by atoms with Crippen LogP contribution in [0.25, 0.3) is 17.1 Å². The van der Waals surface area contributed by atoms with E-state index in [-0.39, 0.29) is 47.4 Å². The molecule has 1 aliphatic carbocycles. The van der Waals surface area contributed by atoms with Crippen LogP contribution in [0.15, 0.2) is 34.2 Å². The molecular weight excluding hydrogens is 510 g/mol. The highest BCUT2D eigenvalue weighted by Gasteiger charge is 2.30. The molecule has 11 nitrogen and oxygen atoms in total. The van der Waals surface area contributed by atoms with Crippen LogP contribution in [0.3, 0.4) is 0 Å². The molecule has 0 radical (unpaired) electrons. The molecule has 1 saturated heterocycles. The van der Waals surface area contributed by atoms with Crippen LogP contribution in [-0.4, -0.2) is 65.8 Å². The highest BCUT2D eigenvalue weighted by Crippen LogP contribution is 2.29. The molecule has 206 valence electrons. The second kappa shape index (κ2) is 10.0. The van der Waals surface area contributed by atoms with Crippen molar-refractivity contribution in [1.82, 2.24) is 39.0 Å². The Kier molecular flexibility index (Phi) is 6.53. The molecular formula is C26H30F2N8O3. The Bertz CT molecular complexity index is 1560. The van der Waals surface area contributed by atoms with E-state index in [4.69, 9.17) is 0 Å². The Morgan fingerprint density at radius 3 is 2.51 bits per heavy atom. The molecule has 0 atom stereocenters. The van der Waals surface area contributed by atoms with Gasteiger partial charge in [0, 0.05) is 30.5 Å². The van der Waals surface area contributed by atoms with Crippen molar-refractivity contribution in [1.29, 1.82) is 0 Å². The van der Waals surface area contributed by atoms with Crippen LogP contribution in [-0.2, 0) is 6.67 Å². The first kappa shape index (κ1) is 25.4. The molecule has 1 saturated carbocycles. The number of carbonyl (C=O) groups is 1. The van der Waals surface area contributed by atoms with Crippen molar-refractivity contribution in [2.45, 2.75) is 63.3 Å². The van der Waals surface area contributed by atoms with E-state index in [0.717, 1.165) is 32.1 Å². The molecule has 6 rings (SSSR count). The minimum Gasteiger partial charge on any atom is -0.348 e. The van der Waals surface area contributed by atoms with E-state index < -0.39 is 17.1 Å². The Balaban J connectivity index is 1.22. The highest BCUT2D eigenvalue weighted by molar-refractivity contribution is 5.92. The summed E-state index contributed by atoms with van der Waals surface area (Å²) in [5.74, 6) is -0.477. The number of aromatic nitrogens is 5. The Hall–Kier alpha value is -3.87. The van der Waals surface area contributed by atoms with Gasteiger partial charge in [-0.05, 0) is 70.8 Å². The van der Waals surface area contributed by atoms with Gasteiger partial charge in [0.15, 0.2) is 0 Å². The van der Waals surface area contributed by atoms with E-state index in [2.05, 4.69) is 20.2 Å². The van der Waals surface area contributed by atoms with Gasteiger partial charge >= 0.3 is 5.69 Å². The lowest BCUT2D eigenvalue weighted by molar-refractivity contribution is 0.0492. The molecule has 5 heterocycles. The molecule has 2 fully saturated rings. The molecule has 0 unspecified atom stereocenters. The van der Waals surface area contributed by atoms with E-state index in [0.29, 0.717) is 36.6 Å². The molecule has 3 aliphatic rings. The van der Waals surface area contributed by atoms with E-state index in [1.54, 1.807) is 9.13 Å². The average molecular weight is 541 g/mol. The normalized spacial score (nSPS) is 22.3. The number of hydrogen-bond acceptors (Lipinski definition) is 7. The van der Waals surface area contributed by atoms with Crippen LogP contribution in [0.1, 0.15) is 66.9 Å². The summed E-state index contributed by atoms with van der Waals surface area (Å²) < 4.78 is 32.0. The maximum absolute atomic E-state index is 14.1. The number of rotatable bonds is 4. The Morgan fingerprint density at radius 1 is 1.05 bits per heavy atom. The van der Waals surface area contributed by atoms with E-state index in [9.17, 15) is 23.3 Å². The predicted octanol–water partition coefficient (Wildman–Crippen LogP) is 2.20. The third kappa shape index (κ3) is 4.75. The molecule has 2 aliphatic heterocycles. The predicted molar refractivity (Wildman–Crippen MR) is 139 cm³/mol. The van der Waals surface area contributed by atoms with Gasteiger partial charge in [-0.25, -0.2) is 19.2 Å². The van der Waals surface area contributed by atoms with Gasteiger partial charge in [0.2, 0.25) is 0 Å². The third-order valence-electron chi connectivity index (χ3n) is 8.09. The van der Waals surface area contributed by atoms with Crippen LogP contribution >= 0.6 is 0 Å². The van der Waals surface area contributed by atoms with Crippen molar-refractivity contribution < 1.29 is 13.7 Å². The van der Waals surface area contributed by atoms with Gasteiger partial charge in [-0.3, -0.25) is 18.7 Å². The molecule has 1 amide bonds. The van der Waals surface area contributed by atoms with Gasteiger partial charge < -0.3 is 14.8 Å². The number of fused-ring (bicyclic) bond motifs is 2. The highest BCUT2D eigenvalue weighted by atomic mass is 19.2. The molecule has 0 spiro atoms. The van der Waals surface area contributed by atoms with Crippen molar-refractivity contribution >= 4 is 23.0 Å². The number of piperidine rings is 1. The fourth-order valence-corrected chi connectivity index (χ4v) is 5.97. The zero-order valence-electron chi connectivity index (χ0n) is 21.6. The zero-order valence-corrected chi connectivity index (χ0v) is 21.6. The molecule has 3 aromatic rings. The van der Waals surface area contributed by atoms with Gasteiger partial charge in [0.25, 0.3) is 11.5 Å². The van der Waals surface area contributed by atoms with Crippen molar-refractivity contribution in [3.05, 3.63) is 62.8 Å². The summed E-state index contributed by atoms with van der Waals surface area (Å²) >= 11 is 0. The number of pyridine rings is 1. The second-order valence-corrected chi connectivity index (χ2v) is 10.7. The molecule has 1 N–H and O–H groups in total. The zero-order chi connectivity index (χ0) is 27.3. The van der Waals surface area contributed by atoms with Crippen LogP contribution < -0.4 is 16.6 Å². The van der Waals surface area contributed by atoms with Crippen LogP contribution in [0.5, 0.6) is 0 Å². The van der Waals surface area contributed by atoms with Gasteiger partial charge in [-0.15, -0.1) is 0 Å². The Morgan fingerprint density at radius 2 is 1.77 bits per heavy atom. The third-order valence-corrected chi connectivity index (χ3v) is 8.09. The lowest BCUT2D eigenvalue weighted by atomic mass is 9.90. The van der Waals surface area contributed by atoms with Crippen LogP contribution in [0.2, 0.25) is 0 Å². The fraction of sp³-hybridized carbons (Fsp3) is 0.500. The van der Waals surface area contributed by atoms with E-state index in [1.807, 2.05) is 7.05 Å². The van der Waals surface area contributed by atoms with Crippen molar-refractivity contribution in [2.24, 2.45) is 0 Å². The summed E-state index contributed by atoms with van der Waals surface area (Å²) in [5, 5.41) is 3.58. The number of likely N-dealkylation sites (tertiary alicyclic amines) is 1. The molecule has 0 bridgehead atoms. The topological polar surface area (TPSA) is 110 Å². The first-order chi connectivity index (χ1) is 18.8. The van der Waals surface area contributed by atoms with Crippen molar-refractivity contribution in [3.8, 4) is 0 Å². The largest absolute Gasteiger partial charge is 0.348 e. The number of nitrogens with one attached hydrogen (secondary N) is 1. The number of carbonyl (C=O) groups excluding carboxylic acids is 1. The summed E-state index contributed by atoms with van der Waals surface area (Å²) in [4.78, 5) is 50.7. The summed E-state index contributed by atoms with van der Waals surface area (Å²) in [5.41, 5.74) is -0.510. The minimum atomic E-state index is -0.623. The van der Waals surface area contributed by atoms with Gasteiger partial charge in [0.1, 0.15) is 29.7 Å². The first-order valence-corrected chi connectivity index (χ1v) is 13.3. The number of imidazole rings is 1. The lowest BCUT2D eigenvalue weighted by Gasteiger charge is -2.33. The molecule has 13 heteroatoms. The first-order valence-electron chi connectivity index (χ1n) is 13.3. The van der Waals surface area contributed by atoms with Crippen molar-refractivity contribution in [2.75, 3.05) is 20.1 Å². The summed E-state index contributed by atoms with van der Waals surface area (Å²) in [6.07, 6.45) is 8.89. The molecule has 3 aromatic heterocycles. The van der Waals surface area contributed by atoms with Crippen LogP contribution in [0.4, 0.5) is 8.87 Å². The maximum atomic E-state index is 14.1. The SMILES string of the molecule is CN1CCC(n2c(=O)n(C3CCC(NC(=O)c4cn5c(n4)C=CN(F)C5)CC3)c(=O)c3cc(F)cnc32)CC1. The number of nitrogens with zero attached hydrogens (tertiary/aromatic N) is 7. The average Bonchev–Trinajstić information content (AvgIpc) is 3.35. The monoisotopic (exact) mass is 540 g/mol. The second-order valence-electron chi connectivity index (χ2n) is 10.7. The van der Waals surface area contributed by atoms with E-state index >= 15 is 0 Å². The smallest absolute Gasteiger partial charge is 0.333 e. The minimum absolute atomic E-state index is 0.0355. The van der Waals surface area contributed by atoms with Gasteiger partial charge in [-0.2, -0.15) is 5.12 Å². The number of hydrogen-bond donors (Lipinski definition) is 1. The quantitative estimate of drug-likeness (QED) is 0.506. The Labute approximate surface area is 222 Å². The number of amides is 1. The molecule has 0 aromatic carbocycles.